The maximum Gasteiger partial charge on any atom is 0.345 e. The van der Waals surface area contributed by atoms with Gasteiger partial charge in [-0.2, -0.15) is 5.06 Å². The van der Waals surface area contributed by atoms with E-state index < -0.39 is 12.1 Å². The van der Waals surface area contributed by atoms with E-state index in [0.29, 0.717) is 49.8 Å². The second-order valence-electron chi connectivity index (χ2n) is 19.2. The highest BCUT2D eigenvalue weighted by Gasteiger charge is 2.56. The van der Waals surface area contributed by atoms with Gasteiger partial charge in [0.1, 0.15) is 18.7 Å². The number of urea groups is 2. The Labute approximate surface area is 325 Å². The molecule has 0 unspecified atom stereocenters. The van der Waals surface area contributed by atoms with Crippen molar-refractivity contribution in [2.75, 3.05) is 52.4 Å². The Morgan fingerprint density at radius 2 is 1.18 bits per heavy atom. The van der Waals surface area contributed by atoms with Crippen LogP contribution in [0.25, 0.3) is 0 Å². The fourth-order valence-corrected chi connectivity index (χ4v) is 11.4. The number of fused-ring (bicyclic) bond motifs is 4. The number of hydroxylamine groups is 4. The summed E-state index contributed by atoms with van der Waals surface area (Å²) in [5.41, 5.74) is 1.94. The number of carbonyl (C=O) groups excluding carboxylic acids is 4. The molecule has 10 aliphatic rings. The Hall–Kier alpha value is -3.46. The molecule has 4 aliphatic carbocycles. The summed E-state index contributed by atoms with van der Waals surface area (Å²) in [5.74, 6) is 1.89. The SMILES string of the molecule is O=C(NC1CC2(C1)CN(CC1CC1)C2)[C@@H]1CC[C@@H]2CN1C(=O)N2O.O=C(NC1CC2(C1)CN(CC1CC1)C2)[C@@H]1CC[C@@H]2CN1C(=O)N2OCc1ccccc1.[HH]. The van der Waals surface area contributed by atoms with E-state index in [0.717, 1.165) is 54.6 Å². The largest absolute Gasteiger partial charge is 0.352 e. The fraction of sp³-hybridized carbons (Fsp3) is 0.756. The smallest absolute Gasteiger partial charge is 0.345 e. The van der Waals surface area contributed by atoms with Crippen molar-refractivity contribution in [3.63, 3.8) is 0 Å². The number of hydrogen-bond acceptors (Lipinski definition) is 8. The number of benzene rings is 1. The van der Waals surface area contributed by atoms with Crippen molar-refractivity contribution in [3.05, 3.63) is 35.9 Å². The Kier molecular flexibility index (Phi) is 9.06. The zero-order valence-corrected chi connectivity index (χ0v) is 32.0. The maximum absolute atomic E-state index is 13.0. The number of nitrogens with zero attached hydrogens (tertiary/aromatic N) is 6. The second-order valence-corrected chi connectivity index (χ2v) is 19.2. The van der Waals surface area contributed by atoms with Crippen molar-refractivity contribution in [1.82, 2.24) is 40.4 Å². The van der Waals surface area contributed by atoms with Gasteiger partial charge >= 0.3 is 12.1 Å². The van der Waals surface area contributed by atoms with Crippen molar-refractivity contribution >= 4 is 23.9 Å². The quantitative estimate of drug-likeness (QED) is 0.292. The minimum Gasteiger partial charge on any atom is -0.352 e. The van der Waals surface area contributed by atoms with Crippen LogP contribution in [0.1, 0.15) is 84.0 Å². The molecule has 0 aromatic heterocycles. The van der Waals surface area contributed by atoms with Gasteiger partial charge in [0.25, 0.3) is 0 Å². The number of piperidine rings is 2. The van der Waals surface area contributed by atoms with Crippen LogP contribution < -0.4 is 10.6 Å². The van der Waals surface area contributed by atoms with E-state index in [4.69, 9.17) is 4.84 Å². The van der Waals surface area contributed by atoms with Crippen molar-refractivity contribution < 1.29 is 30.6 Å². The molecule has 4 atom stereocenters. The van der Waals surface area contributed by atoms with Crippen LogP contribution in [0.4, 0.5) is 9.59 Å². The van der Waals surface area contributed by atoms with E-state index in [-0.39, 0.29) is 49.5 Å². The highest BCUT2D eigenvalue weighted by atomic mass is 16.7. The summed E-state index contributed by atoms with van der Waals surface area (Å²) in [5, 5.41) is 18.4. The number of likely N-dealkylation sites (tertiary alicyclic amines) is 2. The number of amides is 6. The molecule has 4 bridgehead atoms. The van der Waals surface area contributed by atoms with Gasteiger partial charge < -0.3 is 30.2 Å². The first-order valence-electron chi connectivity index (χ1n) is 21.2. The second kappa shape index (κ2) is 13.9. The minimum absolute atomic E-state index is 0. The first kappa shape index (κ1) is 35.9. The molecule has 300 valence electrons. The van der Waals surface area contributed by atoms with Crippen LogP contribution in [-0.2, 0) is 21.0 Å². The zero-order valence-electron chi connectivity index (χ0n) is 32.0. The van der Waals surface area contributed by atoms with Crippen LogP contribution >= 0.6 is 0 Å². The van der Waals surface area contributed by atoms with E-state index in [9.17, 15) is 24.4 Å². The van der Waals surface area contributed by atoms with Crippen molar-refractivity contribution in [1.29, 1.82) is 0 Å². The Balaban J connectivity index is 0.000000148. The lowest BCUT2D eigenvalue weighted by Gasteiger charge is -2.59. The molecule has 6 saturated heterocycles. The summed E-state index contributed by atoms with van der Waals surface area (Å²) in [6.07, 6.45) is 12.8. The average molecular weight is 761 g/mol. The first-order valence-corrected chi connectivity index (χ1v) is 21.2. The summed E-state index contributed by atoms with van der Waals surface area (Å²) < 4.78 is 0. The van der Waals surface area contributed by atoms with Gasteiger partial charge in [-0.3, -0.25) is 19.6 Å². The highest BCUT2D eigenvalue weighted by Crippen LogP contribution is 2.51. The monoisotopic (exact) mass is 760 g/mol. The average Bonchev–Trinajstić information content (AvgIpc) is 4.07. The van der Waals surface area contributed by atoms with Crippen LogP contribution in [0.15, 0.2) is 30.3 Å². The van der Waals surface area contributed by atoms with E-state index >= 15 is 0 Å². The Bertz CT molecular complexity index is 1650. The van der Waals surface area contributed by atoms with E-state index in [1.54, 1.807) is 4.90 Å². The van der Waals surface area contributed by atoms with Crippen LogP contribution in [0.3, 0.4) is 0 Å². The van der Waals surface area contributed by atoms with Crippen molar-refractivity contribution in [2.45, 2.75) is 120 Å². The lowest BCUT2D eigenvalue weighted by molar-refractivity contribution is -0.140. The predicted octanol–water partition coefficient (Wildman–Crippen LogP) is 3.26. The molecular weight excluding hydrogens is 701 g/mol. The fourth-order valence-electron chi connectivity index (χ4n) is 11.4. The van der Waals surface area contributed by atoms with Gasteiger partial charge in [-0.05, 0) is 105 Å². The van der Waals surface area contributed by atoms with Crippen LogP contribution in [-0.4, -0.2) is 147 Å². The molecule has 6 heterocycles. The lowest BCUT2D eigenvalue weighted by Crippen LogP contribution is -2.67. The summed E-state index contributed by atoms with van der Waals surface area (Å²) in [4.78, 5) is 64.7. The van der Waals surface area contributed by atoms with E-state index in [1.807, 2.05) is 30.3 Å². The molecule has 1 aromatic rings. The predicted molar refractivity (Wildman–Crippen MR) is 202 cm³/mol. The zero-order chi connectivity index (χ0) is 37.5. The minimum atomic E-state index is -0.419. The summed E-state index contributed by atoms with van der Waals surface area (Å²) >= 11 is 0. The maximum atomic E-state index is 13.0. The molecule has 6 amide bonds. The first-order chi connectivity index (χ1) is 26.6. The topological polar surface area (TPSA) is 141 Å². The molecule has 3 N–H and O–H groups in total. The number of carbonyl (C=O) groups is 4. The van der Waals surface area contributed by atoms with Crippen LogP contribution in [0.2, 0.25) is 0 Å². The third kappa shape index (κ3) is 7.10. The molecule has 6 aliphatic heterocycles. The van der Waals surface area contributed by atoms with E-state index in [1.165, 1.54) is 74.9 Å². The van der Waals surface area contributed by atoms with Gasteiger partial charge in [0.05, 0.1) is 12.1 Å². The lowest BCUT2D eigenvalue weighted by atomic mass is 9.60. The number of hydrogen-bond donors (Lipinski definition) is 3. The molecule has 1 aromatic carbocycles. The summed E-state index contributed by atoms with van der Waals surface area (Å²) in [7, 11) is 0. The number of rotatable bonds is 11. The molecule has 4 saturated carbocycles. The standard InChI is InChI=1S/C24H32N4O3.C17H26N4O3.H2/c29-22(25-19-10-24(11-19)15-26(16-24)12-17-6-7-17)21-9-8-20-13-27(21)23(30)28(20)31-14-18-4-2-1-3-5-18;22-15(14-4-3-13-8-20(14)16(23)21(13)24)18-12-5-17(6-12)9-19(10-17)7-11-1-2-11;/h1-5,17,19-21H,6-16H2,(H,25,29);11-14,24H,1-10H2,(H,18,22);1H/t20-,21+;13-,14+;/m11./s1. The van der Waals surface area contributed by atoms with E-state index in [2.05, 4.69) is 20.4 Å². The van der Waals surface area contributed by atoms with Gasteiger partial charge in [0.2, 0.25) is 11.8 Å². The third-order valence-corrected chi connectivity index (χ3v) is 14.6. The molecule has 2 spiro atoms. The van der Waals surface area contributed by atoms with Gasteiger partial charge in [-0.25, -0.2) is 14.7 Å². The third-order valence-electron chi connectivity index (χ3n) is 14.6. The molecule has 14 nitrogen and oxygen atoms in total. The van der Waals surface area contributed by atoms with Crippen LogP contribution in [0, 0.1) is 22.7 Å². The normalized spacial score (nSPS) is 33.1. The van der Waals surface area contributed by atoms with Gasteiger partial charge in [-0.1, -0.05) is 30.3 Å². The molecular formula is C41H60N8O6. The summed E-state index contributed by atoms with van der Waals surface area (Å²) in [6, 6.07) is 8.95. The molecule has 14 heteroatoms. The van der Waals surface area contributed by atoms with Crippen molar-refractivity contribution in [3.8, 4) is 0 Å². The number of nitrogens with one attached hydrogen (secondary N) is 2. The highest BCUT2D eigenvalue weighted by molar-refractivity contribution is 5.89. The Morgan fingerprint density at radius 3 is 1.71 bits per heavy atom. The summed E-state index contributed by atoms with van der Waals surface area (Å²) in [6.45, 7) is 8.79. The Morgan fingerprint density at radius 1 is 0.691 bits per heavy atom. The molecule has 55 heavy (non-hydrogen) atoms. The van der Waals surface area contributed by atoms with Crippen molar-refractivity contribution in [2.24, 2.45) is 22.7 Å². The molecule has 10 fully saturated rings. The molecule has 11 rings (SSSR count). The molecule has 0 radical (unpaired) electrons. The van der Waals surface area contributed by atoms with Gasteiger partial charge in [-0.15, -0.1) is 0 Å². The van der Waals surface area contributed by atoms with Gasteiger partial charge in [0, 0.05) is 65.9 Å². The van der Waals surface area contributed by atoms with Gasteiger partial charge in [0.15, 0.2) is 0 Å². The van der Waals surface area contributed by atoms with Crippen LogP contribution in [0.5, 0.6) is 0 Å².